The highest BCUT2D eigenvalue weighted by Crippen LogP contribution is 2.14. The van der Waals surface area contributed by atoms with Crippen molar-refractivity contribution in [2.24, 2.45) is 0 Å². The highest BCUT2D eigenvalue weighted by molar-refractivity contribution is 5.97. The number of likely N-dealkylation sites (N-methyl/N-ethyl adjacent to an activating group) is 1. The van der Waals surface area contributed by atoms with Gasteiger partial charge in [0, 0.05) is 24.7 Å². The van der Waals surface area contributed by atoms with E-state index in [0.717, 1.165) is 31.5 Å². The predicted molar refractivity (Wildman–Crippen MR) is 78.7 cm³/mol. The highest BCUT2D eigenvalue weighted by Gasteiger charge is 2.25. The monoisotopic (exact) mass is 260 g/mol. The van der Waals surface area contributed by atoms with E-state index in [9.17, 15) is 4.79 Å². The molecule has 3 heteroatoms. The molecule has 1 atom stereocenters. The van der Waals surface area contributed by atoms with Crippen molar-refractivity contribution in [3.63, 3.8) is 0 Å². The van der Waals surface area contributed by atoms with Crippen LogP contribution in [0.15, 0.2) is 24.3 Å². The molecule has 0 spiro atoms. The lowest BCUT2D eigenvalue weighted by Crippen LogP contribution is -2.33. The normalized spacial score (nSPS) is 20.1. The van der Waals surface area contributed by atoms with Crippen molar-refractivity contribution >= 4 is 5.78 Å². The topological polar surface area (TPSA) is 23.6 Å². The van der Waals surface area contributed by atoms with E-state index in [1.165, 1.54) is 5.56 Å². The zero-order chi connectivity index (χ0) is 13.8. The van der Waals surface area contributed by atoms with Crippen molar-refractivity contribution < 1.29 is 4.79 Å². The van der Waals surface area contributed by atoms with E-state index in [1.807, 2.05) is 12.1 Å². The molecule has 1 saturated heterocycles. The Morgan fingerprint density at radius 3 is 2.53 bits per heavy atom. The Morgan fingerprint density at radius 2 is 2.00 bits per heavy atom. The summed E-state index contributed by atoms with van der Waals surface area (Å²) in [4.78, 5) is 16.7. The fraction of sp³-hybridized carbons (Fsp3) is 0.562. The second kappa shape index (κ2) is 6.31. The second-order valence-corrected chi connectivity index (χ2v) is 5.61. The van der Waals surface area contributed by atoms with Crippen molar-refractivity contribution in [3.8, 4) is 0 Å². The molecule has 1 aliphatic rings. The molecule has 1 aliphatic heterocycles. The molecule has 1 fully saturated rings. The predicted octanol–water partition coefficient (Wildman–Crippen LogP) is 2.07. The number of likely N-dealkylation sites (tertiary alicyclic amines) is 1. The number of ketones is 1. The van der Waals surface area contributed by atoms with Crippen molar-refractivity contribution in [2.75, 3.05) is 33.7 Å². The number of nitrogens with zero attached hydrogens (tertiary/aromatic N) is 2. The standard InChI is InChI=1S/C16H24N2O/c1-4-13-5-7-14(8-6-13)16(19)12-18-10-9-15(11-18)17(2)3/h5-8,15H,4,9-12H2,1-3H3. The van der Waals surface area contributed by atoms with Crippen LogP contribution in [0.1, 0.15) is 29.3 Å². The van der Waals surface area contributed by atoms with E-state index in [0.29, 0.717) is 12.6 Å². The van der Waals surface area contributed by atoms with Gasteiger partial charge in [-0.1, -0.05) is 31.2 Å². The van der Waals surface area contributed by atoms with Gasteiger partial charge in [-0.25, -0.2) is 0 Å². The smallest absolute Gasteiger partial charge is 0.176 e. The number of hydrogen-bond acceptors (Lipinski definition) is 3. The van der Waals surface area contributed by atoms with Gasteiger partial charge in [0.1, 0.15) is 0 Å². The van der Waals surface area contributed by atoms with Gasteiger partial charge in [0.2, 0.25) is 0 Å². The molecule has 0 aliphatic carbocycles. The van der Waals surface area contributed by atoms with Crippen LogP contribution in [0, 0.1) is 0 Å². The minimum absolute atomic E-state index is 0.238. The van der Waals surface area contributed by atoms with E-state index >= 15 is 0 Å². The van der Waals surface area contributed by atoms with Crippen LogP contribution in [-0.2, 0) is 6.42 Å². The third-order valence-corrected chi connectivity index (χ3v) is 4.03. The van der Waals surface area contributed by atoms with Crippen LogP contribution in [0.25, 0.3) is 0 Å². The van der Waals surface area contributed by atoms with Crippen LogP contribution in [0.2, 0.25) is 0 Å². The van der Waals surface area contributed by atoms with Gasteiger partial charge >= 0.3 is 0 Å². The Kier molecular flexibility index (Phi) is 4.72. The summed E-state index contributed by atoms with van der Waals surface area (Å²) in [5, 5.41) is 0. The summed E-state index contributed by atoms with van der Waals surface area (Å²) in [6.07, 6.45) is 2.18. The van der Waals surface area contributed by atoms with E-state index in [1.54, 1.807) is 0 Å². The molecule has 104 valence electrons. The molecule has 0 aromatic heterocycles. The third kappa shape index (κ3) is 3.64. The van der Waals surface area contributed by atoms with Crippen molar-refractivity contribution in [1.82, 2.24) is 9.80 Å². The zero-order valence-electron chi connectivity index (χ0n) is 12.2. The summed E-state index contributed by atoms with van der Waals surface area (Å²) in [5.41, 5.74) is 2.12. The zero-order valence-corrected chi connectivity index (χ0v) is 12.2. The quantitative estimate of drug-likeness (QED) is 0.757. The Hall–Kier alpha value is -1.19. The first-order chi connectivity index (χ1) is 9.10. The molecular formula is C16H24N2O. The first kappa shape index (κ1) is 14.2. The Balaban J connectivity index is 1.90. The minimum atomic E-state index is 0.238. The summed E-state index contributed by atoms with van der Waals surface area (Å²) in [6.45, 7) is 4.71. The number of aryl methyl sites for hydroxylation is 1. The maximum Gasteiger partial charge on any atom is 0.176 e. The molecule has 2 rings (SSSR count). The number of carbonyl (C=O) groups is 1. The summed E-state index contributed by atoms with van der Waals surface area (Å²) in [6, 6.07) is 8.62. The van der Waals surface area contributed by atoms with Gasteiger partial charge in [0.25, 0.3) is 0 Å². The van der Waals surface area contributed by atoms with Gasteiger partial charge in [-0.2, -0.15) is 0 Å². The van der Waals surface area contributed by atoms with Crippen LogP contribution < -0.4 is 0 Å². The first-order valence-corrected chi connectivity index (χ1v) is 7.11. The molecule has 1 unspecified atom stereocenters. The van der Waals surface area contributed by atoms with Crippen LogP contribution in [0.3, 0.4) is 0 Å². The lowest BCUT2D eigenvalue weighted by atomic mass is 10.1. The summed E-state index contributed by atoms with van der Waals surface area (Å²) in [5.74, 6) is 0.238. The van der Waals surface area contributed by atoms with Crippen molar-refractivity contribution in [2.45, 2.75) is 25.8 Å². The largest absolute Gasteiger partial charge is 0.305 e. The maximum absolute atomic E-state index is 12.2. The molecule has 0 N–H and O–H groups in total. The number of rotatable bonds is 5. The molecule has 0 bridgehead atoms. The van der Waals surface area contributed by atoms with Gasteiger partial charge in [-0.15, -0.1) is 0 Å². The van der Waals surface area contributed by atoms with Crippen LogP contribution in [-0.4, -0.2) is 55.4 Å². The van der Waals surface area contributed by atoms with Gasteiger partial charge in [-0.05, 0) is 32.5 Å². The van der Waals surface area contributed by atoms with Crippen LogP contribution in [0.4, 0.5) is 0 Å². The molecule has 1 heterocycles. The van der Waals surface area contributed by atoms with Crippen LogP contribution >= 0.6 is 0 Å². The first-order valence-electron chi connectivity index (χ1n) is 7.11. The van der Waals surface area contributed by atoms with Crippen molar-refractivity contribution in [1.29, 1.82) is 0 Å². The third-order valence-electron chi connectivity index (χ3n) is 4.03. The molecule has 1 aromatic rings. The Labute approximate surface area is 116 Å². The fourth-order valence-corrected chi connectivity index (χ4v) is 2.60. The number of hydrogen-bond donors (Lipinski definition) is 0. The van der Waals surface area contributed by atoms with Crippen LogP contribution in [0.5, 0.6) is 0 Å². The van der Waals surface area contributed by atoms with E-state index in [2.05, 4.69) is 43.0 Å². The lowest BCUT2D eigenvalue weighted by Gasteiger charge is -2.19. The van der Waals surface area contributed by atoms with Gasteiger partial charge < -0.3 is 4.90 Å². The average molecular weight is 260 g/mol. The molecule has 19 heavy (non-hydrogen) atoms. The Morgan fingerprint density at radius 1 is 1.32 bits per heavy atom. The maximum atomic E-state index is 12.2. The number of Topliss-reactive ketones (excluding diaryl/α,β-unsaturated/α-hetero) is 1. The second-order valence-electron chi connectivity index (χ2n) is 5.61. The van der Waals surface area contributed by atoms with Gasteiger partial charge in [0.05, 0.1) is 6.54 Å². The van der Waals surface area contributed by atoms with Gasteiger partial charge in [0.15, 0.2) is 5.78 Å². The highest BCUT2D eigenvalue weighted by atomic mass is 16.1. The number of benzene rings is 1. The molecule has 0 saturated carbocycles. The molecule has 1 aromatic carbocycles. The molecule has 0 radical (unpaired) electrons. The molecule has 0 amide bonds. The summed E-state index contributed by atoms with van der Waals surface area (Å²) in [7, 11) is 4.22. The van der Waals surface area contributed by atoms with E-state index < -0.39 is 0 Å². The number of carbonyl (C=O) groups excluding carboxylic acids is 1. The molecule has 3 nitrogen and oxygen atoms in total. The Bertz CT molecular complexity index is 425. The lowest BCUT2D eigenvalue weighted by molar-refractivity contribution is 0.0941. The van der Waals surface area contributed by atoms with Gasteiger partial charge in [-0.3, -0.25) is 9.69 Å². The minimum Gasteiger partial charge on any atom is -0.305 e. The SMILES string of the molecule is CCc1ccc(C(=O)CN2CCC(N(C)C)C2)cc1. The average Bonchev–Trinajstić information content (AvgIpc) is 2.87. The fourth-order valence-electron chi connectivity index (χ4n) is 2.60. The van der Waals surface area contributed by atoms with E-state index in [4.69, 9.17) is 0 Å². The molecular weight excluding hydrogens is 236 g/mol. The van der Waals surface area contributed by atoms with E-state index in [-0.39, 0.29) is 5.78 Å². The summed E-state index contributed by atoms with van der Waals surface area (Å²) >= 11 is 0. The summed E-state index contributed by atoms with van der Waals surface area (Å²) < 4.78 is 0. The van der Waals surface area contributed by atoms with Crippen molar-refractivity contribution in [3.05, 3.63) is 35.4 Å².